The molecule has 0 unspecified atom stereocenters. The van der Waals surface area contributed by atoms with Crippen molar-refractivity contribution in [1.82, 2.24) is 20.1 Å². The third kappa shape index (κ3) is 3.72. The Morgan fingerprint density at radius 2 is 2.30 bits per heavy atom. The zero-order valence-electron chi connectivity index (χ0n) is 15.9. The van der Waals surface area contributed by atoms with Gasteiger partial charge in [-0.1, -0.05) is 13.8 Å². The van der Waals surface area contributed by atoms with E-state index in [2.05, 4.69) is 35.1 Å². The van der Waals surface area contributed by atoms with Crippen molar-refractivity contribution in [2.24, 2.45) is 5.92 Å². The van der Waals surface area contributed by atoms with Crippen LogP contribution < -0.4 is 5.73 Å². The van der Waals surface area contributed by atoms with Crippen molar-refractivity contribution in [1.29, 1.82) is 5.26 Å². The molecule has 1 aliphatic heterocycles. The van der Waals surface area contributed by atoms with Gasteiger partial charge in [0.05, 0.1) is 24.5 Å². The summed E-state index contributed by atoms with van der Waals surface area (Å²) in [6, 6.07) is 4.10. The molecule has 3 rings (SSSR count). The van der Waals surface area contributed by atoms with E-state index in [0.29, 0.717) is 48.9 Å². The number of anilines is 1. The van der Waals surface area contributed by atoms with Crippen LogP contribution in [0, 0.1) is 17.2 Å². The van der Waals surface area contributed by atoms with Crippen LogP contribution in [0.5, 0.6) is 0 Å². The second kappa shape index (κ2) is 7.66. The summed E-state index contributed by atoms with van der Waals surface area (Å²) in [5.74, 6) is 0.675. The minimum atomic E-state index is -0.369. The fourth-order valence-electron chi connectivity index (χ4n) is 3.38. The average Bonchev–Trinajstić information content (AvgIpc) is 3.07. The van der Waals surface area contributed by atoms with Crippen molar-refractivity contribution < 1.29 is 9.53 Å². The van der Waals surface area contributed by atoms with E-state index < -0.39 is 0 Å². The number of nitrogens with two attached hydrogens (primary N) is 1. The highest BCUT2D eigenvalue weighted by Crippen LogP contribution is 2.34. The first-order valence-corrected chi connectivity index (χ1v) is 9.12. The number of aromatic nitrogens is 3. The van der Waals surface area contributed by atoms with Crippen LogP contribution in [0.4, 0.5) is 10.6 Å². The number of hydrogen-bond acceptors (Lipinski definition) is 6. The third-order valence-electron chi connectivity index (χ3n) is 4.53. The lowest BCUT2D eigenvalue weighted by atomic mass is 9.93. The molecule has 0 fully saturated rings. The van der Waals surface area contributed by atoms with Crippen molar-refractivity contribution in [3.63, 3.8) is 0 Å². The second-order valence-corrected chi connectivity index (χ2v) is 7.03. The normalized spacial score (nSPS) is 13.4. The van der Waals surface area contributed by atoms with Crippen LogP contribution >= 0.6 is 0 Å². The van der Waals surface area contributed by atoms with Gasteiger partial charge in [0.25, 0.3) is 0 Å². The van der Waals surface area contributed by atoms with Crippen molar-refractivity contribution in [2.75, 3.05) is 18.9 Å². The van der Waals surface area contributed by atoms with Crippen molar-refractivity contribution in [3.05, 3.63) is 28.6 Å². The molecule has 27 heavy (non-hydrogen) atoms. The molecule has 8 heteroatoms. The lowest BCUT2D eigenvalue weighted by Gasteiger charge is -2.29. The highest BCUT2D eigenvalue weighted by molar-refractivity contribution is 5.78. The zero-order chi connectivity index (χ0) is 19.6. The Bertz CT molecular complexity index is 896. The van der Waals surface area contributed by atoms with Gasteiger partial charge in [-0.3, -0.25) is 5.10 Å². The Morgan fingerprint density at radius 3 is 2.96 bits per heavy atom. The number of nitrogens with zero attached hydrogens (tertiary/aromatic N) is 4. The van der Waals surface area contributed by atoms with Crippen LogP contribution in [0.2, 0.25) is 0 Å². The number of fused-ring (bicyclic) bond motifs is 1. The van der Waals surface area contributed by atoms with Crippen LogP contribution in [-0.2, 0) is 24.1 Å². The summed E-state index contributed by atoms with van der Waals surface area (Å²) in [6.07, 6.45) is 1.04. The number of nitriles is 1. The highest BCUT2D eigenvalue weighted by atomic mass is 16.6. The van der Waals surface area contributed by atoms with Gasteiger partial charge < -0.3 is 15.4 Å². The van der Waals surface area contributed by atoms with E-state index in [0.717, 1.165) is 23.4 Å². The molecule has 0 saturated heterocycles. The number of nitrogens with one attached hydrogen (secondary N) is 1. The number of rotatable bonds is 4. The number of carbonyl (C=O) groups is 1. The molecule has 1 aliphatic rings. The molecule has 0 bridgehead atoms. The molecule has 3 heterocycles. The van der Waals surface area contributed by atoms with Gasteiger partial charge in [0.15, 0.2) is 0 Å². The molecule has 0 aromatic carbocycles. The number of ether oxygens (including phenoxy) is 1. The number of H-pyrrole nitrogens is 1. The number of carbonyl (C=O) groups excluding carboxylic acids is 1. The summed E-state index contributed by atoms with van der Waals surface area (Å²) in [5, 5.41) is 17.1. The first-order valence-electron chi connectivity index (χ1n) is 9.12. The minimum Gasteiger partial charge on any atom is -0.450 e. The predicted molar refractivity (Wildman–Crippen MR) is 101 cm³/mol. The van der Waals surface area contributed by atoms with Crippen LogP contribution in [0.15, 0.2) is 6.07 Å². The van der Waals surface area contributed by atoms with Gasteiger partial charge >= 0.3 is 6.09 Å². The van der Waals surface area contributed by atoms with Crippen LogP contribution in [0.25, 0.3) is 11.3 Å². The van der Waals surface area contributed by atoms with Crippen LogP contribution in [-0.4, -0.2) is 39.3 Å². The summed E-state index contributed by atoms with van der Waals surface area (Å²) in [5.41, 5.74) is 10.2. The number of amides is 1. The molecule has 8 nitrogen and oxygen atoms in total. The Morgan fingerprint density at radius 1 is 1.52 bits per heavy atom. The fraction of sp³-hybridized carbons (Fsp3) is 0.474. The summed E-state index contributed by atoms with van der Waals surface area (Å²) >= 11 is 0. The molecule has 2 aromatic heterocycles. The van der Waals surface area contributed by atoms with E-state index >= 15 is 0 Å². The van der Waals surface area contributed by atoms with Gasteiger partial charge in [0.2, 0.25) is 0 Å². The van der Waals surface area contributed by atoms with E-state index in [1.165, 1.54) is 0 Å². The molecule has 1 amide bonds. The van der Waals surface area contributed by atoms with Gasteiger partial charge in [0, 0.05) is 29.8 Å². The monoisotopic (exact) mass is 368 g/mol. The molecule has 142 valence electrons. The Kier molecular flexibility index (Phi) is 5.31. The van der Waals surface area contributed by atoms with E-state index in [4.69, 9.17) is 10.5 Å². The number of hydrogen-bond donors (Lipinski definition) is 2. The molecule has 0 atom stereocenters. The van der Waals surface area contributed by atoms with Crippen molar-refractivity contribution >= 4 is 11.9 Å². The lowest BCUT2D eigenvalue weighted by Crippen LogP contribution is -2.37. The topological polar surface area (TPSA) is 121 Å². The summed E-state index contributed by atoms with van der Waals surface area (Å²) in [7, 11) is 0. The number of nitrogen functional groups attached to an aromatic ring is 1. The van der Waals surface area contributed by atoms with Crippen molar-refractivity contribution in [2.45, 2.75) is 40.2 Å². The lowest BCUT2D eigenvalue weighted by molar-refractivity contribution is 0.102. The Hall–Kier alpha value is -3.08. The van der Waals surface area contributed by atoms with Crippen molar-refractivity contribution in [3.8, 4) is 17.3 Å². The van der Waals surface area contributed by atoms with E-state index in [-0.39, 0.29) is 11.9 Å². The first kappa shape index (κ1) is 18.7. The van der Waals surface area contributed by atoms with Crippen LogP contribution in [0.1, 0.15) is 43.3 Å². The Labute approximate surface area is 158 Å². The van der Waals surface area contributed by atoms with E-state index in [1.54, 1.807) is 11.8 Å². The average molecular weight is 368 g/mol. The van der Waals surface area contributed by atoms with E-state index in [9.17, 15) is 10.1 Å². The molecule has 0 aliphatic carbocycles. The Balaban J connectivity index is 2.07. The minimum absolute atomic E-state index is 0.198. The molecule has 2 aromatic rings. The smallest absolute Gasteiger partial charge is 0.410 e. The molecular weight excluding hydrogens is 344 g/mol. The maximum atomic E-state index is 12.2. The van der Waals surface area contributed by atoms with Gasteiger partial charge in [-0.05, 0) is 25.3 Å². The van der Waals surface area contributed by atoms with Gasteiger partial charge in [-0.25, -0.2) is 9.78 Å². The molecule has 0 radical (unpaired) electrons. The summed E-state index contributed by atoms with van der Waals surface area (Å²) < 4.78 is 5.13. The number of aromatic amines is 1. The zero-order valence-corrected chi connectivity index (χ0v) is 15.9. The maximum absolute atomic E-state index is 12.2. The standard InChI is InChI=1S/C19H24N6O2/c1-4-27-19(26)25-6-5-15-14(10-25)17(13(9-20)18(21)22-15)16-8-12(23-24-16)7-11(2)3/h8,11H,4-7,10H2,1-3H3,(H2,21,22)(H,23,24). The summed E-state index contributed by atoms with van der Waals surface area (Å²) in [6.45, 7) is 7.17. The second-order valence-electron chi connectivity index (χ2n) is 7.03. The predicted octanol–water partition coefficient (Wildman–Crippen LogP) is 2.64. The first-order chi connectivity index (χ1) is 12.9. The molecule has 0 spiro atoms. The van der Waals surface area contributed by atoms with E-state index in [1.807, 2.05) is 6.07 Å². The molecular formula is C19H24N6O2. The van der Waals surface area contributed by atoms with Gasteiger partial charge in [-0.2, -0.15) is 10.4 Å². The van der Waals surface area contributed by atoms with Crippen LogP contribution in [0.3, 0.4) is 0 Å². The maximum Gasteiger partial charge on any atom is 0.410 e. The third-order valence-corrected chi connectivity index (χ3v) is 4.53. The van der Waals surface area contributed by atoms with Gasteiger partial charge in [-0.15, -0.1) is 0 Å². The number of pyridine rings is 1. The molecule has 0 saturated carbocycles. The SMILES string of the molecule is CCOC(=O)N1CCc2nc(N)c(C#N)c(-c3cc(CC(C)C)[nH]n3)c2C1. The summed E-state index contributed by atoms with van der Waals surface area (Å²) in [4.78, 5) is 18.2. The van der Waals surface area contributed by atoms with Gasteiger partial charge in [0.1, 0.15) is 17.5 Å². The fourth-order valence-corrected chi connectivity index (χ4v) is 3.38. The largest absolute Gasteiger partial charge is 0.450 e. The quantitative estimate of drug-likeness (QED) is 0.856. The molecule has 3 N–H and O–H groups in total. The highest BCUT2D eigenvalue weighted by Gasteiger charge is 2.29.